The summed E-state index contributed by atoms with van der Waals surface area (Å²) in [5, 5.41) is 0. The minimum atomic E-state index is 0.549. The van der Waals surface area contributed by atoms with E-state index in [1.54, 1.807) is 0 Å². The molecule has 5 unspecified atom stereocenters. The molecule has 0 N–H and O–H groups in total. The van der Waals surface area contributed by atoms with Crippen molar-refractivity contribution in [3.8, 4) is 0 Å². The fourth-order valence-electron chi connectivity index (χ4n) is 4.04. The lowest BCUT2D eigenvalue weighted by atomic mass is 9.53. The van der Waals surface area contributed by atoms with Gasteiger partial charge in [-0.2, -0.15) is 0 Å². The zero-order valence-electron chi connectivity index (χ0n) is 11.7. The van der Waals surface area contributed by atoms with E-state index in [1.165, 1.54) is 24.8 Å². The van der Waals surface area contributed by atoms with E-state index in [9.17, 15) is 0 Å². The van der Waals surface area contributed by atoms with E-state index < -0.39 is 0 Å². The van der Waals surface area contributed by atoms with Crippen LogP contribution in [0.15, 0.2) is 12.2 Å². The zero-order chi connectivity index (χ0) is 12.1. The summed E-state index contributed by atoms with van der Waals surface area (Å²) in [5.74, 6) is 4.35. The number of hydrogen-bond acceptors (Lipinski definition) is 0. The Morgan fingerprint density at radius 1 is 1.19 bits per heavy atom. The maximum Gasteiger partial charge on any atom is -0.0206 e. The Morgan fingerprint density at radius 2 is 1.81 bits per heavy atom. The molecule has 92 valence electrons. The van der Waals surface area contributed by atoms with Crippen LogP contribution in [0, 0.1) is 35.0 Å². The first-order valence-corrected chi connectivity index (χ1v) is 7.00. The molecule has 0 saturated heterocycles. The van der Waals surface area contributed by atoms with Gasteiger partial charge in [0.1, 0.15) is 0 Å². The summed E-state index contributed by atoms with van der Waals surface area (Å²) in [6.07, 6.45) is 4.15. The predicted octanol–water partition coefficient (Wildman–Crippen LogP) is 4.91. The van der Waals surface area contributed by atoms with Crippen LogP contribution >= 0.6 is 0 Å². The van der Waals surface area contributed by atoms with E-state index in [0.717, 1.165) is 29.6 Å². The summed E-state index contributed by atoms with van der Waals surface area (Å²) < 4.78 is 0. The first-order valence-electron chi connectivity index (χ1n) is 7.00. The SMILES string of the molecule is C=C1CC2CC(C)C(C)(C)CC2C(C)C1C. The van der Waals surface area contributed by atoms with Gasteiger partial charge in [-0.1, -0.05) is 46.8 Å². The van der Waals surface area contributed by atoms with E-state index in [2.05, 4.69) is 41.2 Å². The van der Waals surface area contributed by atoms with Gasteiger partial charge in [0.05, 0.1) is 0 Å². The second kappa shape index (κ2) is 3.89. The number of allylic oxidation sites excluding steroid dienone is 1. The van der Waals surface area contributed by atoms with Crippen LogP contribution < -0.4 is 0 Å². The molecule has 2 fully saturated rings. The topological polar surface area (TPSA) is 0 Å². The van der Waals surface area contributed by atoms with E-state index >= 15 is 0 Å². The number of fused-ring (bicyclic) bond motifs is 1. The molecule has 5 atom stereocenters. The van der Waals surface area contributed by atoms with Gasteiger partial charge in [-0.15, -0.1) is 0 Å². The summed E-state index contributed by atoms with van der Waals surface area (Å²) in [6, 6.07) is 0. The molecular formula is C16H28. The highest BCUT2D eigenvalue weighted by Crippen LogP contribution is 2.54. The Balaban J connectivity index is 2.20. The quantitative estimate of drug-likeness (QED) is 0.509. The smallest absolute Gasteiger partial charge is 0.0206 e. The summed E-state index contributed by atoms with van der Waals surface area (Å²) in [7, 11) is 0. The largest absolute Gasteiger partial charge is 0.0996 e. The second-order valence-electron chi connectivity index (χ2n) is 7.26. The van der Waals surface area contributed by atoms with Crippen molar-refractivity contribution in [1.82, 2.24) is 0 Å². The molecule has 0 nitrogen and oxygen atoms in total. The molecule has 2 aliphatic carbocycles. The first kappa shape index (κ1) is 12.2. The van der Waals surface area contributed by atoms with Gasteiger partial charge in [-0.05, 0) is 54.3 Å². The molecule has 0 aromatic rings. The average Bonchev–Trinajstić information content (AvgIpc) is 2.19. The van der Waals surface area contributed by atoms with Crippen molar-refractivity contribution < 1.29 is 0 Å². The van der Waals surface area contributed by atoms with Crippen molar-refractivity contribution in [1.29, 1.82) is 0 Å². The van der Waals surface area contributed by atoms with Gasteiger partial charge in [0, 0.05) is 0 Å². The maximum absolute atomic E-state index is 4.30. The minimum absolute atomic E-state index is 0.549. The van der Waals surface area contributed by atoms with Crippen LogP contribution in [0.1, 0.15) is 53.9 Å². The third-order valence-corrected chi connectivity index (χ3v) is 5.99. The highest BCUT2D eigenvalue weighted by Gasteiger charge is 2.45. The summed E-state index contributed by atoms with van der Waals surface area (Å²) in [4.78, 5) is 0. The van der Waals surface area contributed by atoms with Crippen LogP contribution in [-0.4, -0.2) is 0 Å². The molecule has 0 heterocycles. The average molecular weight is 220 g/mol. The normalized spacial score (nSPS) is 47.6. The van der Waals surface area contributed by atoms with Crippen LogP contribution in [0.3, 0.4) is 0 Å². The molecule has 2 aliphatic rings. The number of hydrogen-bond donors (Lipinski definition) is 0. The first-order chi connectivity index (χ1) is 7.33. The van der Waals surface area contributed by atoms with Crippen LogP contribution in [0.5, 0.6) is 0 Å². The summed E-state index contributed by atoms with van der Waals surface area (Å²) in [6.45, 7) is 16.5. The summed E-state index contributed by atoms with van der Waals surface area (Å²) in [5.41, 5.74) is 2.06. The molecule has 0 aliphatic heterocycles. The second-order valence-corrected chi connectivity index (χ2v) is 7.26. The highest BCUT2D eigenvalue weighted by molar-refractivity contribution is 5.10. The lowest BCUT2D eigenvalue weighted by molar-refractivity contribution is 0.00370. The predicted molar refractivity (Wildman–Crippen MR) is 71.2 cm³/mol. The fraction of sp³-hybridized carbons (Fsp3) is 0.875. The van der Waals surface area contributed by atoms with E-state index in [-0.39, 0.29) is 0 Å². The Kier molecular flexibility index (Phi) is 2.97. The third-order valence-electron chi connectivity index (χ3n) is 5.99. The van der Waals surface area contributed by atoms with Gasteiger partial charge in [0.15, 0.2) is 0 Å². The standard InChI is InChI=1S/C16H28/c1-10-7-14-8-11(2)16(5,6)9-15(14)13(4)12(10)3/h11-15H,1,7-9H2,2-6H3. The maximum atomic E-state index is 4.30. The molecule has 0 radical (unpaired) electrons. The molecular weight excluding hydrogens is 192 g/mol. The lowest BCUT2D eigenvalue weighted by Crippen LogP contribution is -2.43. The fourth-order valence-corrected chi connectivity index (χ4v) is 4.04. The molecule has 0 amide bonds. The monoisotopic (exact) mass is 220 g/mol. The van der Waals surface area contributed by atoms with Gasteiger partial charge in [-0.25, -0.2) is 0 Å². The van der Waals surface area contributed by atoms with E-state index in [4.69, 9.17) is 0 Å². The minimum Gasteiger partial charge on any atom is -0.0996 e. The van der Waals surface area contributed by atoms with Crippen LogP contribution in [0.4, 0.5) is 0 Å². The molecule has 16 heavy (non-hydrogen) atoms. The molecule has 2 rings (SSSR count). The molecule has 0 spiro atoms. The highest BCUT2D eigenvalue weighted by atomic mass is 14.5. The number of rotatable bonds is 0. The van der Waals surface area contributed by atoms with Gasteiger partial charge in [0.2, 0.25) is 0 Å². The Bertz CT molecular complexity index is 286. The molecule has 2 saturated carbocycles. The van der Waals surface area contributed by atoms with Gasteiger partial charge < -0.3 is 0 Å². The molecule has 0 heteroatoms. The van der Waals surface area contributed by atoms with Crippen LogP contribution in [0.2, 0.25) is 0 Å². The summed E-state index contributed by atoms with van der Waals surface area (Å²) >= 11 is 0. The molecule has 0 aromatic heterocycles. The Morgan fingerprint density at radius 3 is 2.44 bits per heavy atom. The van der Waals surface area contributed by atoms with Crippen molar-refractivity contribution in [2.45, 2.75) is 53.9 Å². The van der Waals surface area contributed by atoms with Crippen LogP contribution in [-0.2, 0) is 0 Å². The van der Waals surface area contributed by atoms with Crippen molar-refractivity contribution in [3.63, 3.8) is 0 Å². The van der Waals surface area contributed by atoms with Crippen molar-refractivity contribution in [3.05, 3.63) is 12.2 Å². The Labute approximate surface area is 102 Å². The van der Waals surface area contributed by atoms with Crippen molar-refractivity contribution >= 4 is 0 Å². The van der Waals surface area contributed by atoms with Crippen molar-refractivity contribution in [2.24, 2.45) is 35.0 Å². The van der Waals surface area contributed by atoms with E-state index in [0.29, 0.717) is 5.41 Å². The van der Waals surface area contributed by atoms with Crippen LogP contribution in [0.25, 0.3) is 0 Å². The van der Waals surface area contributed by atoms with Crippen molar-refractivity contribution in [2.75, 3.05) is 0 Å². The lowest BCUT2D eigenvalue weighted by Gasteiger charge is -2.52. The van der Waals surface area contributed by atoms with Gasteiger partial charge in [-0.3, -0.25) is 0 Å². The van der Waals surface area contributed by atoms with E-state index in [1.807, 2.05) is 0 Å². The molecule has 0 aromatic carbocycles. The molecule has 0 bridgehead atoms. The third kappa shape index (κ3) is 1.85. The van der Waals surface area contributed by atoms with Gasteiger partial charge >= 0.3 is 0 Å². The Hall–Kier alpha value is -0.260. The zero-order valence-corrected chi connectivity index (χ0v) is 11.7. The van der Waals surface area contributed by atoms with Gasteiger partial charge in [0.25, 0.3) is 0 Å².